The van der Waals surface area contributed by atoms with E-state index in [-0.39, 0.29) is 6.42 Å². The van der Waals surface area contributed by atoms with E-state index in [0.717, 1.165) is 5.56 Å². The van der Waals surface area contributed by atoms with Gasteiger partial charge in [0.05, 0.1) is 12.5 Å². The summed E-state index contributed by atoms with van der Waals surface area (Å²) < 4.78 is 0. The number of benzene rings is 1. The van der Waals surface area contributed by atoms with Crippen LogP contribution in [0.3, 0.4) is 0 Å². The maximum absolute atomic E-state index is 10.4. The van der Waals surface area contributed by atoms with Crippen molar-refractivity contribution in [3.05, 3.63) is 35.9 Å². The molecule has 15 heavy (non-hydrogen) atoms. The Kier molecular flexibility index (Phi) is 4.27. The maximum Gasteiger partial charge on any atom is 0.305 e. The van der Waals surface area contributed by atoms with Crippen LogP contribution in [0.25, 0.3) is 0 Å². The van der Waals surface area contributed by atoms with Crippen LogP contribution >= 0.6 is 0 Å². The van der Waals surface area contributed by atoms with Gasteiger partial charge in [0, 0.05) is 6.04 Å². The van der Waals surface area contributed by atoms with Gasteiger partial charge in [-0.2, -0.15) is 0 Å². The van der Waals surface area contributed by atoms with Gasteiger partial charge in [-0.3, -0.25) is 4.79 Å². The molecule has 0 radical (unpaired) electrons. The predicted molar refractivity (Wildman–Crippen MR) is 56.4 cm³/mol. The second-order valence-corrected chi connectivity index (χ2v) is 3.52. The van der Waals surface area contributed by atoms with Gasteiger partial charge in [0.2, 0.25) is 0 Å². The van der Waals surface area contributed by atoms with E-state index in [4.69, 9.17) is 10.8 Å². The zero-order valence-electron chi connectivity index (χ0n) is 8.34. The van der Waals surface area contributed by atoms with Crippen molar-refractivity contribution in [2.75, 3.05) is 0 Å². The van der Waals surface area contributed by atoms with Gasteiger partial charge in [0.25, 0.3) is 0 Å². The molecule has 0 amide bonds. The molecule has 1 rings (SSSR count). The van der Waals surface area contributed by atoms with Crippen molar-refractivity contribution in [2.45, 2.75) is 25.0 Å². The van der Waals surface area contributed by atoms with E-state index in [1.165, 1.54) is 0 Å². The zero-order valence-corrected chi connectivity index (χ0v) is 8.34. The lowest BCUT2D eigenvalue weighted by Crippen LogP contribution is -2.38. The minimum absolute atomic E-state index is 0.214. The van der Waals surface area contributed by atoms with Crippen LogP contribution in [-0.2, 0) is 11.2 Å². The molecule has 1 aromatic carbocycles. The summed E-state index contributed by atoms with van der Waals surface area (Å²) in [5.41, 5.74) is 6.49. The summed E-state index contributed by atoms with van der Waals surface area (Å²) in [7, 11) is 0. The predicted octanol–water partition coefficient (Wildman–Crippen LogP) is 0.392. The van der Waals surface area contributed by atoms with Crippen molar-refractivity contribution in [1.82, 2.24) is 0 Å². The summed E-state index contributed by atoms with van der Waals surface area (Å²) in [4.78, 5) is 10.4. The molecule has 0 aliphatic rings. The van der Waals surface area contributed by atoms with E-state index in [0.29, 0.717) is 6.42 Å². The van der Waals surface area contributed by atoms with E-state index in [1.807, 2.05) is 30.3 Å². The standard InChI is InChI=1S/C11H15NO3/c12-9(7-11(14)15)10(13)6-8-4-2-1-3-5-8/h1-5,9-10,13H,6-7,12H2,(H,14,15)/t9-,10-/m0/s1. The number of rotatable bonds is 5. The van der Waals surface area contributed by atoms with Crippen LogP contribution in [0.5, 0.6) is 0 Å². The van der Waals surface area contributed by atoms with E-state index in [9.17, 15) is 9.90 Å². The molecule has 0 aliphatic carbocycles. The smallest absolute Gasteiger partial charge is 0.305 e. The monoisotopic (exact) mass is 209 g/mol. The first-order valence-electron chi connectivity index (χ1n) is 4.79. The molecule has 4 heteroatoms. The first-order valence-corrected chi connectivity index (χ1v) is 4.79. The Morgan fingerprint density at radius 2 is 1.93 bits per heavy atom. The first-order chi connectivity index (χ1) is 7.09. The molecule has 82 valence electrons. The Labute approximate surface area is 88.3 Å². The number of aliphatic hydroxyl groups is 1. The summed E-state index contributed by atoms with van der Waals surface area (Å²) in [5.74, 6) is -0.991. The summed E-state index contributed by atoms with van der Waals surface area (Å²) in [6.45, 7) is 0. The molecule has 0 saturated heterocycles. The van der Waals surface area contributed by atoms with E-state index >= 15 is 0 Å². The third kappa shape index (κ3) is 4.10. The van der Waals surface area contributed by atoms with Gasteiger partial charge in [0.1, 0.15) is 0 Å². The lowest BCUT2D eigenvalue weighted by atomic mass is 10.0. The molecule has 0 aromatic heterocycles. The fourth-order valence-electron chi connectivity index (χ4n) is 1.34. The minimum atomic E-state index is -0.991. The lowest BCUT2D eigenvalue weighted by Gasteiger charge is -2.16. The Bertz CT molecular complexity index is 313. The van der Waals surface area contributed by atoms with Crippen molar-refractivity contribution in [1.29, 1.82) is 0 Å². The van der Waals surface area contributed by atoms with E-state index < -0.39 is 18.1 Å². The second kappa shape index (κ2) is 5.48. The summed E-state index contributed by atoms with van der Waals surface area (Å²) in [5, 5.41) is 18.1. The molecular formula is C11H15NO3. The van der Waals surface area contributed by atoms with Crippen LogP contribution in [0.4, 0.5) is 0 Å². The molecule has 2 atom stereocenters. The lowest BCUT2D eigenvalue weighted by molar-refractivity contribution is -0.138. The van der Waals surface area contributed by atoms with Crippen LogP contribution in [0.1, 0.15) is 12.0 Å². The van der Waals surface area contributed by atoms with Gasteiger partial charge in [-0.25, -0.2) is 0 Å². The molecular weight excluding hydrogens is 194 g/mol. The van der Waals surface area contributed by atoms with Crippen LogP contribution < -0.4 is 5.73 Å². The Balaban J connectivity index is 2.48. The van der Waals surface area contributed by atoms with E-state index in [2.05, 4.69) is 0 Å². The summed E-state index contributed by atoms with van der Waals surface area (Å²) >= 11 is 0. The highest BCUT2D eigenvalue weighted by Gasteiger charge is 2.17. The minimum Gasteiger partial charge on any atom is -0.481 e. The molecule has 0 heterocycles. The number of aliphatic hydroxyl groups excluding tert-OH is 1. The van der Waals surface area contributed by atoms with Gasteiger partial charge in [-0.15, -0.1) is 0 Å². The number of carboxylic acids is 1. The van der Waals surface area contributed by atoms with E-state index in [1.54, 1.807) is 0 Å². The number of nitrogens with two attached hydrogens (primary N) is 1. The van der Waals surface area contributed by atoms with Crippen LogP contribution in [0.15, 0.2) is 30.3 Å². The largest absolute Gasteiger partial charge is 0.481 e. The Morgan fingerprint density at radius 3 is 2.47 bits per heavy atom. The van der Waals surface area contributed by atoms with Crippen molar-refractivity contribution < 1.29 is 15.0 Å². The van der Waals surface area contributed by atoms with Gasteiger partial charge < -0.3 is 15.9 Å². The number of carbonyl (C=O) groups is 1. The quantitative estimate of drug-likeness (QED) is 0.655. The fourth-order valence-corrected chi connectivity index (χ4v) is 1.34. The van der Waals surface area contributed by atoms with Gasteiger partial charge >= 0.3 is 5.97 Å². The molecule has 0 unspecified atom stereocenters. The molecule has 0 fully saturated rings. The number of hydrogen-bond donors (Lipinski definition) is 3. The summed E-state index contributed by atoms with van der Waals surface area (Å²) in [6.07, 6.45) is -0.646. The molecule has 0 saturated carbocycles. The zero-order chi connectivity index (χ0) is 11.3. The fraction of sp³-hybridized carbons (Fsp3) is 0.364. The highest BCUT2D eigenvalue weighted by Crippen LogP contribution is 2.06. The number of hydrogen-bond acceptors (Lipinski definition) is 3. The maximum atomic E-state index is 10.4. The normalized spacial score (nSPS) is 14.5. The van der Waals surface area contributed by atoms with Crippen LogP contribution in [0, 0.1) is 0 Å². The van der Waals surface area contributed by atoms with Gasteiger partial charge in [0.15, 0.2) is 0 Å². The van der Waals surface area contributed by atoms with Crippen molar-refractivity contribution >= 4 is 5.97 Å². The topological polar surface area (TPSA) is 83.6 Å². The third-order valence-corrected chi connectivity index (χ3v) is 2.19. The van der Waals surface area contributed by atoms with Crippen LogP contribution in [-0.4, -0.2) is 28.3 Å². The number of aliphatic carboxylic acids is 1. The highest BCUT2D eigenvalue weighted by atomic mass is 16.4. The molecule has 0 bridgehead atoms. The average molecular weight is 209 g/mol. The van der Waals surface area contributed by atoms with Gasteiger partial charge in [-0.1, -0.05) is 30.3 Å². The van der Waals surface area contributed by atoms with Crippen molar-refractivity contribution in [3.8, 4) is 0 Å². The second-order valence-electron chi connectivity index (χ2n) is 3.52. The molecule has 1 aromatic rings. The van der Waals surface area contributed by atoms with Crippen molar-refractivity contribution in [3.63, 3.8) is 0 Å². The van der Waals surface area contributed by atoms with Crippen molar-refractivity contribution in [2.24, 2.45) is 5.73 Å². The molecule has 0 spiro atoms. The van der Waals surface area contributed by atoms with Crippen LogP contribution in [0.2, 0.25) is 0 Å². The molecule has 0 aliphatic heterocycles. The average Bonchev–Trinajstić information content (AvgIpc) is 2.18. The number of carboxylic acid groups (broad SMARTS) is 1. The SMILES string of the molecule is N[C@@H](CC(=O)O)[C@@H](O)Cc1ccccc1. The molecule has 4 nitrogen and oxygen atoms in total. The summed E-state index contributed by atoms with van der Waals surface area (Å²) in [6, 6.07) is 8.64. The highest BCUT2D eigenvalue weighted by molar-refractivity contribution is 5.67. The molecule has 4 N–H and O–H groups in total. The van der Waals surface area contributed by atoms with Gasteiger partial charge in [-0.05, 0) is 12.0 Å². The first kappa shape index (κ1) is 11.7. The third-order valence-electron chi connectivity index (χ3n) is 2.19. The Morgan fingerprint density at radius 1 is 1.33 bits per heavy atom. The Hall–Kier alpha value is -1.39.